The quantitative estimate of drug-likeness (QED) is 0.872. The van der Waals surface area contributed by atoms with E-state index in [9.17, 15) is 9.59 Å². The second kappa shape index (κ2) is 4.04. The summed E-state index contributed by atoms with van der Waals surface area (Å²) in [5.41, 5.74) is 3.99. The van der Waals surface area contributed by atoms with Gasteiger partial charge < -0.3 is 5.11 Å². The van der Waals surface area contributed by atoms with Gasteiger partial charge in [0.05, 0.1) is 5.56 Å². The predicted molar refractivity (Wildman–Crippen MR) is 77.7 cm³/mol. The number of benzene rings is 2. The lowest BCUT2D eigenvalue weighted by Crippen LogP contribution is -2.28. The van der Waals surface area contributed by atoms with E-state index < -0.39 is 5.97 Å². The summed E-state index contributed by atoms with van der Waals surface area (Å²) in [6, 6.07) is 13.0. The molecule has 0 radical (unpaired) electrons. The maximum atomic E-state index is 12.8. The molecule has 0 aliphatic heterocycles. The minimum absolute atomic E-state index is 0.214. The van der Waals surface area contributed by atoms with Gasteiger partial charge in [0.15, 0.2) is 5.78 Å². The van der Waals surface area contributed by atoms with E-state index in [2.05, 4.69) is 0 Å². The van der Waals surface area contributed by atoms with E-state index in [1.54, 1.807) is 12.1 Å². The number of carbonyl (C=O) groups excluding carboxylic acids is 1. The first-order valence-corrected chi connectivity index (χ1v) is 7.07. The lowest BCUT2D eigenvalue weighted by Gasteiger charge is -2.20. The third-order valence-corrected chi connectivity index (χ3v) is 4.78. The van der Waals surface area contributed by atoms with Gasteiger partial charge in [0, 0.05) is 11.0 Å². The topological polar surface area (TPSA) is 54.4 Å². The van der Waals surface area contributed by atoms with Gasteiger partial charge in [-0.25, -0.2) is 4.79 Å². The van der Waals surface area contributed by atoms with Crippen LogP contribution in [0.3, 0.4) is 0 Å². The fourth-order valence-corrected chi connectivity index (χ4v) is 3.80. The number of rotatable bonds is 1. The highest BCUT2D eigenvalue weighted by Crippen LogP contribution is 2.47. The number of carboxylic acid groups (broad SMARTS) is 1. The first kappa shape index (κ1) is 12.3. The van der Waals surface area contributed by atoms with Gasteiger partial charge in [0.2, 0.25) is 0 Å². The normalized spacial score (nSPS) is 22.4. The van der Waals surface area contributed by atoms with Crippen molar-refractivity contribution in [1.82, 2.24) is 0 Å². The average molecular weight is 278 g/mol. The third-order valence-electron chi connectivity index (χ3n) is 4.78. The zero-order chi connectivity index (χ0) is 14.6. The number of ketones is 1. The SMILES string of the molecule is O=C(O)c1ccc2c(c1)CC1(C2)Cc2ccccc2C1=O. The van der Waals surface area contributed by atoms with Crippen molar-refractivity contribution in [1.29, 1.82) is 0 Å². The van der Waals surface area contributed by atoms with Crippen LogP contribution in [0.5, 0.6) is 0 Å². The fourth-order valence-electron chi connectivity index (χ4n) is 3.80. The molecule has 21 heavy (non-hydrogen) atoms. The van der Waals surface area contributed by atoms with Crippen LogP contribution in [0.4, 0.5) is 0 Å². The molecule has 2 aromatic rings. The van der Waals surface area contributed by atoms with Gasteiger partial charge in [-0.05, 0) is 48.1 Å². The molecule has 0 saturated heterocycles. The van der Waals surface area contributed by atoms with E-state index in [1.165, 1.54) is 0 Å². The van der Waals surface area contributed by atoms with Crippen LogP contribution in [0.15, 0.2) is 42.5 Å². The van der Waals surface area contributed by atoms with Crippen molar-refractivity contribution in [3.05, 3.63) is 70.3 Å². The molecule has 1 N–H and O–H groups in total. The molecule has 104 valence electrons. The maximum Gasteiger partial charge on any atom is 0.335 e. The van der Waals surface area contributed by atoms with E-state index in [-0.39, 0.29) is 11.2 Å². The molecule has 4 rings (SSSR count). The highest BCUT2D eigenvalue weighted by Gasteiger charge is 2.48. The van der Waals surface area contributed by atoms with E-state index >= 15 is 0 Å². The molecule has 3 nitrogen and oxygen atoms in total. The maximum absolute atomic E-state index is 12.8. The highest BCUT2D eigenvalue weighted by molar-refractivity contribution is 6.05. The summed E-state index contributed by atoms with van der Waals surface area (Å²) in [6.45, 7) is 0. The Bertz CT molecular complexity index is 791. The van der Waals surface area contributed by atoms with Crippen LogP contribution in [0.25, 0.3) is 0 Å². The second-order valence-electron chi connectivity index (χ2n) is 6.09. The first-order valence-electron chi connectivity index (χ1n) is 7.07. The van der Waals surface area contributed by atoms with Crippen LogP contribution < -0.4 is 0 Å². The van der Waals surface area contributed by atoms with Crippen LogP contribution >= 0.6 is 0 Å². The molecular weight excluding hydrogens is 264 g/mol. The molecule has 0 bridgehead atoms. The Morgan fingerprint density at radius 3 is 2.43 bits per heavy atom. The molecule has 0 amide bonds. The van der Waals surface area contributed by atoms with Gasteiger partial charge in [-0.15, -0.1) is 0 Å². The smallest absolute Gasteiger partial charge is 0.335 e. The van der Waals surface area contributed by atoms with Gasteiger partial charge in [0.25, 0.3) is 0 Å². The van der Waals surface area contributed by atoms with Gasteiger partial charge in [-0.2, -0.15) is 0 Å². The average Bonchev–Trinajstić information content (AvgIpc) is 2.97. The Morgan fingerprint density at radius 1 is 0.952 bits per heavy atom. The molecule has 1 spiro atoms. The Morgan fingerprint density at radius 2 is 1.67 bits per heavy atom. The molecule has 2 aliphatic carbocycles. The van der Waals surface area contributed by atoms with E-state index in [0.29, 0.717) is 12.0 Å². The third kappa shape index (κ3) is 1.67. The minimum atomic E-state index is -0.917. The van der Waals surface area contributed by atoms with Crippen molar-refractivity contribution in [2.75, 3.05) is 0 Å². The van der Waals surface area contributed by atoms with Crippen molar-refractivity contribution < 1.29 is 14.7 Å². The van der Waals surface area contributed by atoms with Gasteiger partial charge in [-0.1, -0.05) is 30.3 Å². The van der Waals surface area contributed by atoms with Crippen LogP contribution in [-0.4, -0.2) is 16.9 Å². The second-order valence-corrected chi connectivity index (χ2v) is 6.09. The van der Waals surface area contributed by atoms with Crippen molar-refractivity contribution >= 4 is 11.8 Å². The van der Waals surface area contributed by atoms with E-state index in [1.807, 2.05) is 30.3 Å². The number of hydrogen-bond donors (Lipinski definition) is 1. The Labute approximate surface area is 122 Å². The summed E-state index contributed by atoms with van der Waals surface area (Å²) in [4.78, 5) is 23.9. The standard InChI is InChI=1S/C18H14O3/c19-16-15-4-2-1-3-13(15)9-18(16)8-12-6-5-11(17(20)21)7-14(12)10-18/h1-7H,8-10H2,(H,20,21). The molecular formula is C18H14O3. The van der Waals surface area contributed by atoms with Crippen LogP contribution in [0.2, 0.25) is 0 Å². The van der Waals surface area contributed by atoms with Crippen LogP contribution in [0.1, 0.15) is 37.4 Å². The number of Topliss-reactive ketones (excluding diaryl/α,β-unsaturated/α-hetero) is 1. The largest absolute Gasteiger partial charge is 0.478 e. The zero-order valence-corrected chi connectivity index (χ0v) is 11.4. The van der Waals surface area contributed by atoms with Gasteiger partial charge in [-0.3, -0.25) is 4.79 Å². The predicted octanol–water partition coefficient (Wildman–Crippen LogP) is 2.91. The van der Waals surface area contributed by atoms with Crippen molar-refractivity contribution in [2.24, 2.45) is 5.41 Å². The monoisotopic (exact) mass is 278 g/mol. The Hall–Kier alpha value is -2.42. The number of hydrogen-bond acceptors (Lipinski definition) is 2. The summed E-state index contributed by atoms with van der Waals surface area (Å²) < 4.78 is 0. The van der Waals surface area contributed by atoms with E-state index in [0.717, 1.165) is 35.1 Å². The molecule has 3 heteroatoms. The van der Waals surface area contributed by atoms with Crippen molar-refractivity contribution in [2.45, 2.75) is 19.3 Å². The number of carbonyl (C=O) groups is 2. The lowest BCUT2D eigenvalue weighted by atomic mass is 9.81. The molecule has 1 atom stereocenters. The van der Waals surface area contributed by atoms with Crippen LogP contribution in [-0.2, 0) is 19.3 Å². The molecule has 0 aromatic heterocycles. The number of carboxylic acids is 1. The number of aromatic carboxylic acids is 1. The summed E-state index contributed by atoms with van der Waals surface area (Å²) in [7, 11) is 0. The lowest BCUT2D eigenvalue weighted by molar-refractivity contribution is 0.0696. The summed E-state index contributed by atoms with van der Waals surface area (Å²) in [6.07, 6.45) is 2.13. The van der Waals surface area contributed by atoms with Gasteiger partial charge in [0.1, 0.15) is 0 Å². The fraction of sp³-hybridized carbons (Fsp3) is 0.222. The molecule has 0 heterocycles. The van der Waals surface area contributed by atoms with Crippen molar-refractivity contribution in [3.63, 3.8) is 0 Å². The van der Waals surface area contributed by atoms with Crippen LogP contribution in [0, 0.1) is 5.41 Å². The number of fused-ring (bicyclic) bond motifs is 2. The molecule has 0 saturated carbocycles. The van der Waals surface area contributed by atoms with E-state index in [4.69, 9.17) is 5.11 Å². The molecule has 1 unspecified atom stereocenters. The summed E-state index contributed by atoms with van der Waals surface area (Å²) in [5.74, 6) is -0.703. The minimum Gasteiger partial charge on any atom is -0.478 e. The first-order chi connectivity index (χ1) is 10.1. The Kier molecular flexibility index (Phi) is 2.37. The molecule has 2 aliphatic rings. The van der Waals surface area contributed by atoms with Crippen molar-refractivity contribution in [3.8, 4) is 0 Å². The highest BCUT2D eigenvalue weighted by atomic mass is 16.4. The van der Waals surface area contributed by atoms with Gasteiger partial charge >= 0.3 is 5.97 Å². The summed E-state index contributed by atoms with van der Waals surface area (Å²) in [5, 5.41) is 9.10. The molecule has 0 fully saturated rings. The Balaban J connectivity index is 1.75. The molecule has 2 aromatic carbocycles. The zero-order valence-electron chi connectivity index (χ0n) is 11.4. The summed E-state index contributed by atoms with van der Waals surface area (Å²) >= 11 is 0.